The van der Waals surface area contributed by atoms with Gasteiger partial charge in [-0.15, -0.1) is 11.3 Å². The van der Waals surface area contributed by atoms with Crippen molar-refractivity contribution in [1.29, 1.82) is 0 Å². The van der Waals surface area contributed by atoms with Gasteiger partial charge in [-0.25, -0.2) is 4.99 Å². The Morgan fingerprint density at radius 3 is 2.71 bits per heavy atom. The molecule has 0 aliphatic heterocycles. The van der Waals surface area contributed by atoms with Crippen LogP contribution in [0.15, 0.2) is 53.5 Å². The number of aliphatic imine (C=N–C) groups is 1. The number of anilines is 1. The number of thiophene rings is 1. The largest absolute Gasteiger partial charge is 0.322 e. The van der Waals surface area contributed by atoms with Gasteiger partial charge in [0, 0.05) is 21.8 Å². The molecule has 1 heterocycles. The predicted molar refractivity (Wildman–Crippen MR) is 119 cm³/mol. The van der Waals surface area contributed by atoms with Crippen LogP contribution < -0.4 is 5.32 Å². The van der Waals surface area contributed by atoms with E-state index in [4.69, 9.17) is 16.6 Å². The molecule has 3 aromatic rings. The van der Waals surface area contributed by atoms with Crippen LogP contribution in [0.3, 0.4) is 0 Å². The highest BCUT2D eigenvalue weighted by Gasteiger charge is 2.25. The fourth-order valence-corrected chi connectivity index (χ4v) is 4.84. The summed E-state index contributed by atoms with van der Waals surface area (Å²) in [6.07, 6.45) is 6.08. The molecule has 142 valence electrons. The van der Waals surface area contributed by atoms with Gasteiger partial charge in [0.15, 0.2) is 0 Å². The second-order valence-corrected chi connectivity index (χ2v) is 8.54. The number of amides is 1. The average molecular weight is 409 g/mol. The molecule has 2 aromatic carbocycles. The molecule has 0 unspecified atom stereocenters. The van der Waals surface area contributed by atoms with Gasteiger partial charge in [-0.05, 0) is 61.9 Å². The van der Waals surface area contributed by atoms with Gasteiger partial charge in [0.25, 0.3) is 5.91 Å². The number of rotatable bonds is 4. The summed E-state index contributed by atoms with van der Waals surface area (Å²) in [5.41, 5.74) is 4.81. The topological polar surface area (TPSA) is 41.5 Å². The molecule has 3 nitrogen and oxygen atoms in total. The Bertz CT molecular complexity index is 1040. The minimum Gasteiger partial charge on any atom is -0.322 e. The third kappa shape index (κ3) is 4.18. The third-order valence-corrected chi connectivity index (χ3v) is 6.31. The van der Waals surface area contributed by atoms with Crippen LogP contribution in [-0.4, -0.2) is 12.1 Å². The van der Waals surface area contributed by atoms with Gasteiger partial charge in [0.1, 0.15) is 5.00 Å². The molecule has 0 radical (unpaired) electrons. The van der Waals surface area contributed by atoms with Crippen LogP contribution in [0.25, 0.3) is 0 Å². The van der Waals surface area contributed by atoms with Gasteiger partial charge in [-0.3, -0.25) is 4.79 Å². The van der Waals surface area contributed by atoms with Gasteiger partial charge in [0.2, 0.25) is 0 Å². The highest BCUT2D eigenvalue weighted by atomic mass is 35.5. The summed E-state index contributed by atoms with van der Waals surface area (Å²) in [5.74, 6) is -0.113. The smallest absolute Gasteiger partial charge is 0.259 e. The minimum atomic E-state index is -0.113. The van der Waals surface area contributed by atoms with E-state index in [1.165, 1.54) is 16.9 Å². The molecule has 1 aromatic heterocycles. The van der Waals surface area contributed by atoms with Crippen molar-refractivity contribution in [3.05, 3.63) is 80.7 Å². The van der Waals surface area contributed by atoms with Gasteiger partial charge in [0.05, 0.1) is 5.56 Å². The molecular weight excluding hydrogens is 388 g/mol. The van der Waals surface area contributed by atoms with E-state index >= 15 is 0 Å². The van der Waals surface area contributed by atoms with E-state index in [1.54, 1.807) is 23.5 Å². The maximum absolute atomic E-state index is 13.1. The van der Waals surface area contributed by atoms with E-state index < -0.39 is 0 Å². The number of nitrogens with one attached hydrogen (secondary N) is 1. The highest BCUT2D eigenvalue weighted by Crippen LogP contribution is 2.40. The first-order chi connectivity index (χ1) is 13.6. The highest BCUT2D eigenvalue weighted by molar-refractivity contribution is 7.16. The van der Waals surface area contributed by atoms with Crippen LogP contribution in [0.1, 0.15) is 44.8 Å². The molecule has 1 amide bonds. The Morgan fingerprint density at radius 1 is 1.14 bits per heavy atom. The van der Waals surface area contributed by atoms with Crippen molar-refractivity contribution in [2.75, 3.05) is 5.32 Å². The van der Waals surface area contributed by atoms with E-state index in [2.05, 4.69) is 24.4 Å². The van der Waals surface area contributed by atoms with Crippen molar-refractivity contribution >= 4 is 45.7 Å². The van der Waals surface area contributed by atoms with E-state index in [9.17, 15) is 4.79 Å². The molecule has 0 fully saturated rings. The zero-order valence-electron chi connectivity index (χ0n) is 15.7. The van der Waals surface area contributed by atoms with Crippen LogP contribution in [-0.2, 0) is 12.8 Å². The first-order valence-electron chi connectivity index (χ1n) is 9.42. The Hall–Kier alpha value is -2.43. The molecule has 1 N–H and O–H groups in total. The maximum atomic E-state index is 13.1. The standard InChI is InChI=1S/C23H21ClN2OS/c1-15-9-11-16(12-10-15)14-25-23-21(19-7-2-3-8-20(19)28-23)22(27)26-18-6-4-5-17(24)13-18/h4-6,9-14H,2-3,7-8H2,1H3,(H,26,27)/b25-14+. The monoisotopic (exact) mass is 408 g/mol. The van der Waals surface area contributed by atoms with Crippen LogP contribution >= 0.6 is 22.9 Å². The molecule has 1 aliphatic carbocycles. The summed E-state index contributed by atoms with van der Waals surface area (Å²) >= 11 is 7.70. The molecule has 1 aliphatic rings. The van der Waals surface area contributed by atoms with Crippen molar-refractivity contribution in [1.82, 2.24) is 0 Å². The van der Waals surface area contributed by atoms with Gasteiger partial charge in [-0.1, -0.05) is 47.5 Å². The zero-order valence-corrected chi connectivity index (χ0v) is 17.2. The predicted octanol–water partition coefficient (Wildman–Crippen LogP) is 6.59. The van der Waals surface area contributed by atoms with Crippen molar-refractivity contribution in [3.8, 4) is 0 Å². The molecule has 0 saturated heterocycles. The molecular formula is C23H21ClN2OS. The van der Waals surface area contributed by atoms with E-state index in [-0.39, 0.29) is 5.91 Å². The molecule has 0 spiro atoms. The number of carbonyl (C=O) groups is 1. The number of nitrogens with zero attached hydrogens (tertiary/aromatic N) is 1. The summed E-state index contributed by atoms with van der Waals surface area (Å²) in [6.45, 7) is 2.06. The van der Waals surface area contributed by atoms with Crippen molar-refractivity contribution < 1.29 is 4.79 Å². The lowest BCUT2D eigenvalue weighted by atomic mass is 9.95. The number of benzene rings is 2. The normalized spacial score (nSPS) is 13.5. The van der Waals surface area contributed by atoms with E-state index in [0.717, 1.165) is 35.4 Å². The number of hydrogen-bond donors (Lipinski definition) is 1. The summed E-state index contributed by atoms with van der Waals surface area (Å²) in [5, 5.41) is 4.37. The Labute approximate surface area is 174 Å². The van der Waals surface area contributed by atoms with Crippen molar-refractivity contribution in [2.45, 2.75) is 32.6 Å². The van der Waals surface area contributed by atoms with Crippen LogP contribution in [0, 0.1) is 6.92 Å². The van der Waals surface area contributed by atoms with Crippen LogP contribution in [0.2, 0.25) is 5.02 Å². The lowest BCUT2D eigenvalue weighted by Gasteiger charge is -2.13. The lowest BCUT2D eigenvalue weighted by molar-refractivity contribution is 0.102. The Morgan fingerprint density at radius 2 is 1.93 bits per heavy atom. The van der Waals surface area contributed by atoms with Crippen molar-refractivity contribution in [3.63, 3.8) is 0 Å². The average Bonchev–Trinajstić information content (AvgIpc) is 3.06. The van der Waals surface area contributed by atoms with Gasteiger partial charge < -0.3 is 5.32 Å². The zero-order chi connectivity index (χ0) is 19.5. The van der Waals surface area contributed by atoms with Gasteiger partial charge >= 0.3 is 0 Å². The first kappa shape index (κ1) is 18.9. The number of aryl methyl sites for hydroxylation is 2. The summed E-state index contributed by atoms with van der Waals surface area (Å²) in [7, 11) is 0. The molecule has 0 saturated carbocycles. The number of carbonyl (C=O) groups excluding carboxylic acids is 1. The molecule has 0 atom stereocenters. The second kappa shape index (κ2) is 8.29. The van der Waals surface area contributed by atoms with Crippen molar-refractivity contribution in [2.24, 2.45) is 4.99 Å². The molecule has 0 bridgehead atoms. The lowest BCUT2D eigenvalue weighted by Crippen LogP contribution is -2.14. The van der Waals surface area contributed by atoms with Crippen LogP contribution in [0.5, 0.6) is 0 Å². The van der Waals surface area contributed by atoms with E-state index in [0.29, 0.717) is 16.3 Å². The molecule has 5 heteroatoms. The van der Waals surface area contributed by atoms with Crippen LogP contribution in [0.4, 0.5) is 10.7 Å². The molecule has 4 rings (SSSR count). The van der Waals surface area contributed by atoms with E-state index in [1.807, 2.05) is 30.5 Å². The third-order valence-electron chi connectivity index (χ3n) is 4.87. The Balaban J connectivity index is 1.67. The molecule has 28 heavy (non-hydrogen) atoms. The quantitative estimate of drug-likeness (QED) is 0.486. The van der Waals surface area contributed by atoms with Gasteiger partial charge in [-0.2, -0.15) is 0 Å². The number of fused-ring (bicyclic) bond motifs is 1. The fraction of sp³-hybridized carbons (Fsp3) is 0.217. The Kier molecular flexibility index (Phi) is 5.60. The summed E-state index contributed by atoms with van der Waals surface area (Å²) in [6, 6.07) is 15.4. The number of halogens is 1. The SMILES string of the molecule is Cc1ccc(/C=N/c2sc3c(c2C(=O)Nc2cccc(Cl)c2)CCCC3)cc1. The maximum Gasteiger partial charge on any atom is 0.259 e. The number of hydrogen-bond acceptors (Lipinski definition) is 3. The first-order valence-corrected chi connectivity index (χ1v) is 10.6. The second-order valence-electron chi connectivity index (χ2n) is 7.02. The summed E-state index contributed by atoms with van der Waals surface area (Å²) < 4.78 is 0. The summed E-state index contributed by atoms with van der Waals surface area (Å²) in [4.78, 5) is 19.1. The fourth-order valence-electron chi connectivity index (χ4n) is 3.42. The minimum absolute atomic E-state index is 0.113.